The average Bonchev–Trinajstić information content (AvgIpc) is 3.52. The number of hydrazine groups is 1. The molecule has 3 aromatic rings. The van der Waals surface area contributed by atoms with Gasteiger partial charge in [0.2, 0.25) is 5.90 Å². The van der Waals surface area contributed by atoms with Gasteiger partial charge in [0.1, 0.15) is 11.4 Å². The van der Waals surface area contributed by atoms with Crippen LogP contribution in [0.15, 0.2) is 76.8 Å². The third-order valence-electron chi connectivity index (χ3n) is 7.99. The Kier molecular flexibility index (Phi) is 13.7. The van der Waals surface area contributed by atoms with E-state index >= 15 is 0 Å². The molecular formula is C37H46N6O8. The molecule has 14 heteroatoms. The van der Waals surface area contributed by atoms with E-state index in [1.165, 1.54) is 0 Å². The Morgan fingerprint density at radius 2 is 1.80 bits per heavy atom. The number of amides is 1. The fourth-order valence-electron chi connectivity index (χ4n) is 5.57. The lowest BCUT2D eigenvalue weighted by atomic mass is 9.82. The number of nitrogens with zero attached hydrogens (tertiary/aromatic N) is 4. The van der Waals surface area contributed by atoms with Gasteiger partial charge in [-0.15, -0.1) is 0 Å². The minimum atomic E-state index is -1.65. The molecule has 3 N–H and O–H groups in total. The monoisotopic (exact) mass is 702 g/mol. The number of esters is 1. The number of azide groups is 1. The highest BCUT2D eigenvalue weighted by molar-refractivity contribution is 6.01. The first-order valence-corrected chi connectivity index (χ1v) is 16.7. The summed E-state index contributed by atoms with van der Waals surface area (Å²) in [6.07, 6.45) is -0.165. The van der Waals surface area contributed by atoms with Gasteiger partial charge in [0.15, 0.2) is 23.1 Å². The molecule has 0 radical (unpaired) electrons. The molecule has 0 bridgehead atoms. The van der Waals surface area contributed by atoms with Crippen LogP contribution in [-0.4, -0.2) is 68.0 Å². The first kappa shape index (κ1) is 38.5. The second-order valence-corrected chi connectivity index (χ2v) is 12.8. The van der Waals surface area contributed by atoms with E-state index in [9.17, 15) is 9.59 Å². The van der Waals surface area contributed by atoms with Crippen molar-refractivity contribution in [1.82, 2.24) is 10.9 Å². The van der Waals surface area contributed by atoms with Gasteiger partial charge in [-0.05, 0) is 92.2 Å². The standard InChI is InChI=1S/C37H46N6O8/c1-36(2,3)51-32(45)17-19-37(35(46)42-39-20-18-25-11-16-30(47-4)31(23-25)48-5)33(29-10-7-6-9-27(29)24-40-43-38)50-34(41-37)26-12-14-28(15-13-26)49-22-8-21-44/h6-7,9-16,23,33,39,44H,8,17-22,24H2,1-5H3,(H,42,46)/t33-,37-/m0/s1. The summed E-state index contributed by atoms with van der Waals surface area (Å²) in [5, 5.41) is 12.9. The van der Waals surface area contributed by atoms with E-state index in [1.807, 2.05) is 18.2 Å². The highest BCUT2D eigenvalue weighted by Crippen LogP contribution is 2.44. The third kappa shape index (κ3) is 10.4. The molecule has 0 unspecified atom stereocenters. The molecule has 0 saturated heterocycles. The maximum Gasteiger partial charge on any atom is 0.306 e. The van der Waals surface area contributed by atoms with Gasteiger partial charge in [-0.3, -0.25) is 15.0 Å². The Hall–Kier alpha value is -5.30. The maximum absolute atomic E-state index is 14.5. The topological polar surface area (TPSA) is 186 Å². The fraction of sp³-hybridized carbons (Fsp3) is 0.432. The highest BCUT2D eigenvalue weighted by Gasteiger charge is 2.54. The number of ether oxygens (including phenoxy) is 5. The Morgan fingerprint density at radius 1 is 1.06 bits per heavy atom. The van der Waals surface area contributed by atoms with Crippen LogP contribution in [0.5, 0.6) is 17.2 Å². The van der Waals surface area contributed by atoms with E-state index < -0.39 is 29.1 Å². The number of rotatable bonds is 18. The summed E-state index contributed by atoms with van der Waals surface area (Å²) in [5.41, 5.74) is 15.3. The van der Waals surface area contributed by atoms with E-state index in [-0.39, 0.29) is 31.9 Å². The van der Waals surface area contributed by atoms with Crippen LogP contribution in [-0.2, 0) is 32.0 Å². The van der Waals surface area contributed by atoms with E-state index in [2.05, 4.69) is 20.9 Å². The summed E-state index contributed by atoms with van der Waals surface area (Å²) in [5.74, 6) is 0.961. The molecule has 3 aromatic carbocycles. The van der Waals surface area contributed by atoms with Crippen LogP contribution in [0, 0.1) is 0 Å². The summed E-state index contributed by atoms with van der Waals surface area (Å²) < 4.78 is 28.6. The van der Waals surface area contributed by atoms with Crippen molar-refractivity contribution < 1.29 is 38.4 Å². The number of carbonyl (C=O) groups excluding carboxylic acids is 2. The highest BCUT2D eigenvalue weighted by atomic mass is 16.6. The summed E-state index contributed by atoms with van der Waals surface area (Å²) >= 11 is 0. The quantitative estimate of drug-likeness (QED) is 0.0383. The third-order valence-corrected chi connectivity index (χ3v) is 7.99. The molecule has 1 aliphatic rings. The minimum Gasteiger partial charge on any atom is -0.494 e. The smallest absolute Gasteiger partial charge is 0.306 e. The van der Waals surface area contributed by atoms with Gasteiger partial charge in [0.05, 0.1) is 27.4 Å². The Morgan fingerprint density at radius 3 is 2.49 bits per heavy atom. The number of carbonyl (C=O) groups is 2. The average molecular weight is 703 g/mol. The molecule has 51 heavy (non-hydrogen) atoms. The summed E-state index contributed by atoms with van der Waals surface area (Å²) in [6, 6.07) is 19.8. The number of methoxy groups -OCH3 is 2. The molecule has 2 atom stereocenters. The second kappa shape index (κ2) is 18.1. The molecule has 0 aromatic heterocycles. The number of nitrogens with one attached hydrogen (secondary N) is 2. The van der Waals surface area contributed by atoms with Gasteiger partial charge in [0, 0.05) is 36.5 Å². The molecule has 1 heterocycles. The number of hydrogen-bond acceptors (Lipinski definition) is 11. The van der Waals surface area contributed by atoms with Crippen molar-refractivity contribution in [2.24, 2.45) is 10.1 Å². The second-order valence-electron chi connectivity index (χ2n) is 12.8. The Labute approximate surface area is 297 Å². The molecule has 0 fully saturated rings. The van der Waals surface area contributed by atoms with Gasteiger partial charge in [-0.1, -0.05) is 35.4 Å². The van der Waals surface area contributed by atoms with Crippen LogP contribution >= 0.6 is 0 Å². The van der Waals surface area contributed by atoms with E-state index in [4.69, 9.17) is 39.3 Å². The largest absolute Gasteiger partial charge is 0.494 e. The fourth-order valence-corrected chi connectivity index (χ4v) is 5.57. The SMILES string of the molecule is COc1ccc(CCNNC(=O)[C@@]2(CCC(=O)OC(C)(C)C)N=C(c3ccc(OCCCO)cc3)O[C@H]2c2ccccc2CN=[N+]=[N-])cc1OC. The number of aliphatic hydroxyl groups is 1. The van der Waals surface area contributed by atoms with E-state index in [0.717, 1.165) is 5.56 Å². The number of aliphatic imine (C=N–C) groups is 1. The molecular weight excluding hydrogens is 656 g/mol. The lowest BCUT2D eigenvalue weighted by molar-refractivity contribution is -0.155. The summed E-state index contributed by atoms with van der Waals surface area (Å²) in [4.78, 5) is 35.4. The number of aliphatic hydroxyl groups excluding tert-OH is 1. The van der Waals surface area contributed by atoms with Crippen molar-refractivity contribution in [3.8, 4) is 17.2 Å². The first-order chi connectivity index (χ1) is 24.5. The van der Waals surface area contributed by atoms with Crippen LogP contribution in [0.25, 0.3) is 10.4 Å². The molecule has 0 saturated carbocycles. The van der Waals surface area contributed by atoms with Crippen molar-refractivity contribution in [1.29, 1.82) is 0 Å². The van der Waals surface area contributed by atoms with Crippen molar-refractivity contribution >= 4 is 17.8 Å². The van der Waals surface area contributed by atoms with Gasteiger partial charge < -0.3 is 28.8 Å². The van der Waals surface area contributed by atoms with Crippen LogP contribution in [0.1, 0.15) is 68.4 Å². The number of hydrogen-bond donors (Lipinski definition) is 3. The zero-order valence-corrected chi connectivity index (χ0v) is 29.7. The van der Waals surface area contributed by atoms with Crippen molar-refractivity contribution in [2.45, 2.75) is 70.2 Å². The zero-order valence-electron chi connectivity index (χ0n) is 29.7. The molecule has 14 nitrogen and oxygen atoms in total. The number of benzene rings is 3. The zero-order chi connectivity index (χ0) is 36.9. The lowest BCUT2D eigenvalue weighted by Gasteiger charge is -2.31. The molecule has 272 valence electrons. The van der Waals surface area contributed by atoms with Crippen molar-refractivity contribution in [2.75, 3.05) is 34.0 Å². The first-order valence-electron chi connectivity index (χ1n) is 16.7. The predicted molar refractivity (Wildman–Crippen MR) is 191 cm³/mol. The minimum absolute atomic E-state index is 0.00901. The molecule has 1 amide bonds. The lowest BCUT2D eigenvalue weighted by Crippen LogP contribution is -2.53. The maximum atomic E-state index is 14.5. The molecule has 4 rings (SSSR count). The van der Waals surface area contributed by atoms with Crippen LogP contribution in [0.3, 0.4) is 0 Å². The Bertz CT molecular complexity index is 1720. The predicted octanol–water partition coefficient (Wildman–Crippen LogP) is 5.52. The van der Waals surface area contributed by atoms with E-state index in [0.29, 0.717) is 59.9 Å². The van der Waals surface area contributed by atoms with Crippen LogP contribution in [0.2, 0.25) is 0 Å². The normalized spacial score (nSPS) is 16.7. The molecule has 0 aliphatic carbocycles. The van der Waals surface area contributed by atoms with Gasteiger partial charge >= 0.3 is 5.97 Å². The van der Waals surface area contributed by atoms with Gasteiger partial charge in [-0.25, -0.2) is 10.4 Å². The van der Waals surface area contributed by atoms with E-state index in [1.54, 1.807) is 83.5 Å². The van der Waals surface area contributed by atoms with Crippen LogP contribution in [0.4, 0.5) is 0 Å². The van der Waals surface area contributed by atoms with Crippen molar-refractivity contribution in [3.05, 3.63) is 99.4 Å². The summed E-state index contributed by atoms with van der Waals surface area (Å²) in [7, 11) is 3.14. The van der Waals surface area contributed by atoms with Crippen molar-refractivity contribution in [3.63, 3.8) is 0 Å². The molecule has 0 spiro atoms. The van der Waals surface area contributed by atoms with Gasteiger partial charge in [0.25, 0.3) is 5.91 Å². The summed E-state index contributed by atoms with van der Waals surface area (Å²) in [6.45, 7) is 6.06. The van der Waals surface area contributed by atoms with Crippen LogP contribution < -0.4 is 25.1 Å². The van der Waals surface area contributed by atoms with Gasteiger partial charge in [-0.2, -0.15) is 0 Å². The molecule has 1 aliphatic heterocycles. The Balaban J connectivity index is 1.69.